The van der Waals surface area contributed by atoms with Crippen LogP contribution in [0.4, 0.5) is 17.1 Å². The van der Waals surface area contributed by atoms with Gasteiger partial charge in [0.2, 0.25) is 10.0 Å². The maximum atomic E-state index is 12.6. The van der Waals surface area contributed by atoms with E-state index in [1.54, 1.807) is 24.3 Å². The summed E-state index contributed by atoms with van der Waals surface area (Å²) in [6.45, 7) is 0. The smallest absolute Gasteiger partial charge is 0.257 e. The Kier molecular flexibility index (Phi) is 6.61. The average Bonchev–Trinajstić information content (AvgIpc) is 2.74. The first kappa shape index (κ1) is 21.6. The third kappa shape index (κ3) is 5.10. The molecule has 0 saturated heterocycles. The molecule has 0 atom stereocenters. The van der Waals surface area contributed by atoms with E-state index in [4.69, 9.17) is 11.6 Å². The molecular formula is C21H19ClN4O3S. The second-order valence-electron chi connectivity index (χ2n) is 6.47. The number of hydrogen-bond acceptors (Lipinski definition) is 5. The first-order valence-corrected chi connectivity index (χ1v) is 10.7. The summed E-state index contributed by atoms with van der Waals surface area (Å²) in [5, 5.41) is 11.1. The number of halogens is 1. The van der Waals surface area contributed by atoms with Crippen LogP contribution in [0.3, 0.4) is 0 Å². The Morgan fingerprint density at radius 1 is 0.900 bits per heavy atom. The highest BCUT2D eigenvalue weighted by atomic mass is 35.5. The number of sulfonamides is 1. The van der Waals surface area contributed by atoms with Gasteiger partial charge in [0, 0.05) is 19.8 Å². The van der Waals surface area contributed by atoms with Crippen molar-refractivity contribution in [3.05, 3.63) is 83.4 Å². The third-order valence-corrected chi connectivity index (χ3v) is 6.26. The van der Waals surface area contributed by atoms with Gasteiger partial charge in [0.05, 0.1) is 26.9 Å². The van der Waals surface area contributed by atoms with Crippen LogP contribution in [0.5, 0.6) is 0 Å². The van der Waals surface area contributed by atoms with Crippen LogP contribution < -0.4 is 5.32 Å². The molecule has 3 rings (SSSR count). The molecule has 0 aromatic heterocycles. The van der Waals surface area contributed by atoms with Crippen molar-refractivity contribution >= 4 is 44.6 Å². The molecule has 0 radical (unpaired) electrons. The summed E-state index contributed by atoms with van der Waals surface area (Å²) in [5.41, 5.74) is 1.93. The predicted molar refractivity (Wildman–Crippen MR) is 117 cm³/mol. The number of hydrogen-bond donors (Lipinski definition) is 1. The Hall–Kier alpha value is -3.07. The number of azo groups is 1. The summed E-state index contributed by atoms with van der Waals surface area (Å²) >= 11 is 6.12. The summed E-state index contributed by atoms with van der Waals surface area (Å²) in [7, 11) is -0.851. The first-order valence-electron chi connectivity index (χ1n) is 8.87. The third-order valence-electron chi connectivity index (χ3n) is 4.12. The molecule has 1 N–H and O–H groups in total. The zero-order valence-electron chi connectivity index (χ0n) is 16.3. The van der Waals surface area contributed by atoms with Gasteiger partial charge in [-0.3, -0.25) is 4.79 Å². The number of anilines is 1. The Labute approximate surface area is 180 Å². The number of amides is 1. The van der Waals surface area contributed by atoms with Crippen molar-refractivity contribution in [2.24, 2.45) is 10.2 Å². The van der Waals surface area contributed by atoms with E-state index in [1.807, 2.05) is 30.3 Å². The standard InChI is InChI=1S/C21H19ClN4O3S/c1-26(2)30(28,29)18-12-13-20(22)19(14-18)21(27)23-15-8-10-17(11-9-15)25-24-16-6-4-3-5-7-16/h3-14H,1-2H3,(H,23,27). The number of rotatable bonds is 6. The Morgan fingerprint density at radius 2 is 1.50 bits per heavy atom. The molecule has 0 fully saturated rings. The fourth-order valence-corrected chi connectivity index (χ4v) is 3.60. The largest absolute Gasteiger partial charge is 0.322 e. The predicted octanol–water partition coefficient (Wildman–Crippen LogP) is 5.26. The molecule has 0 unspecified atom stereocenters. The van der Waals surface area contributed by atoms with Crippen LogP contribution >= 0.6 is 11.6 Å². The summed E-state index contributed by atoms with van der Waals surface area (Å²) in [6.07, 6.45) is 0. The molecular weight excluding hydrogens is 424 g/mol. The summed E-state index contributed by atoms with van der Waals surface area (Å²) in [4.78, 5) is 12.6. The summed E-state index contributed by atoms with van der Waals surface area (Å²) in [5.74, 6) is -0.519. The van der Waals surface area contributed by atoms with E-state index in [0.717, 1.165) is 9.99 Å². The van der Waals surface area contributed by atoms with Gasteiger partial charge >= 0.3 is 0 Å². The molecule has 0 bridgehead atoms. The number of carbonyl (C=O) groups is 1. The van der Waals surface area contributed by atoms with E-state index in [2.05, 4.69) is 15.5 Å². The second-order valence-corrected chi connectivity index (χ2v) is 9.02. The Bertz CT molecular complexity index is 1180. The topological polar surface area (TPSA) is 91.2 Å². The van der Waals surface area contributed by atoms with Crippen molar-refractivity contribution in [1.29, 1.82) is 0 Å². The quantitative estimate of drug-likeness (QED) is 0.528. The molecule has 1 amide bonds. The van der Waals surface area contributed by atoms with E-state index in [0.29, 0.717) is 11.4 Å². The van der Waals surface area contributed by atoms with Gasteiger partial charge < -0.3 is 5.32 Å². The number of benzene rings is 3. The molecule has 3 aromatic carbocycles. The highest BCUT2D eigenvalue weighted by molar-refractivity contribution is 7.89. The molecule has 154 valence electrons. The fraction of sp³-hybridized carbons (Fsp3) is 0.0952. The normalized spacial score (nSPS) is 11.7. The molecule has 0 spiro atoms. The molecule has 0 aliphatic rings. The van der Waals surface area contributed by atoms with Crippen molar-refractivity contribution in [2.75, 3.05) is 19.4 Å². The van der Waals surface area contributed by atoms with Gasteiger partial charge in [-0.1, -0.05) is 29.8 Å². The lowest BCUT2D eigenvalue weighted by molar-refractivity contribution is 0.102. The number of nitrogens with one attached hydrogen (secondary N) is 1. The van der Waals surface area contributed by atoms with Crippen LogP contribution in [0, 0.1) is 0 Å². The highest BCUT2D eigenvalue weighted by Crippen LogP contribution is 2.24. The van der Waals surface area contributed by atoms with Crippen molar-refractivity contribution < 1.29 is 13.2 Å². The molecule has 0 aliphatic carbocycles. The van der Waals surface area contributed by atoms with Crippen LogP contribution in [0.25, 0.3) is 0 Å². The fourth-order valence-electron chi connectivity index (χ4n) is 2.47. The van der Waals surface area contributed by atoms with Gasteiger partial charge in [0.15, 0.2) is 0 Å². The second kappa shape index (κ2) is 9.17. The van der Waals surface area contributed by atoms with Crippen LogP contribution in [0.2, 0.25) is 5.02 Å². The SMILES string of the molecule is CN(C)S(=O)(=O)c1ccc(Cl)c(C(=O)Nc2ccc(N=Nc3ccccc3)cc2)c1. The van der Waals surface area contributed by atoms with Gasteiger partial charge in [0.1, 0.15) is 0 Å². The molecule has 3 aromatic rings. The van der Waals surface area contributed by atoms with Gasteiger partial charge in [0.25, 0.3) is 5.91 Å². The molecule has 9 heteroatoms. The maximum absolute atomic E-state index is 12.6. The van der Waals surface area contributed by atoms with E-state index < -0.39 is 15.9 Å². The van der Waals surface area contributed by atoms with Gasteiger partial charge in [-0.15, -0.1) is 0 Å². The molecule has 0 saturated carbocycles. The van der Waals surface area contributed by atoms with E-state index in [-0.39, 0.29) is 15.5 Å². The zero-order valence-corrected chi connectivity index (χ0v) is 17.9. The monoisotopic (exact) mass is 442 g/mol. The minimum Gasteiger partial charge on any atom is -0.322 e. The first-order chi connectivity index (χ1) is 14.3. The van der Waals surface area contributed by atoms with Crippen LogP contribution in [-0.4, -0.2) is 32.7 Å². The molecule has 0 aliphatic heterocycles. The Balaban J connectivity index is 1.75. The van der Waals surface area contributed by atoms with Gasteiger partial charge in [-0.25, -0.2) is 12.7 Å². The zero-order chi connectivity index (χ0) is 21.7. The molecule has 30 heavy (non-hydrogen) atoms. The minimum absolute atomic E-state index is 0.0151. The van der Waals surface area contributed by atoms with E-state index in [1.165, 1.54) is 32.3 Å². The lowest BCUT2D eigenvalue weighted by Gasteiger charge is -2.13. The van der Waals surface area contributed by atoms with E-state index >= 15 is 0 Å². The number of carbonyl (C=O) groups excluding carboxylic acids is 1. The molecule has 0 heterocycles. The van der Waals surface area contributed by atoms with Crippen molar-refractivity contribution in [3.8, 4) is 0 Å². The Morgan fingerprint density at radius 3 is 2.10 bits per heavy atom. The van der Waals surface area contributed by atoms with E-state index in [9.17, 15) is 13.2 Å². The van der Waals surface area contributed by atoms with Crippen LogP contribution in [0.1, 0.15) is 10.4 Å². The lowest BCUT2D eigenvalue weighted by Crippen LogP contribution is -2.23. The highest BCUT2D eigenvalue weighted by Gasteiger charge is 2.20. The van der Waals surface area contributed by atoms with Gasteiger partial charge in [-0.2, -0.15) is 10.2 Å². The summed E-state index contributed by atoms with van der Waals surface area (Å²) in [6, 6.07) is 20.1. The van der Waals surface area contributed by atoms with Gasteiger partial charge in [-0.05, 0) is 54.6 Å². The lowest BCUT2D eigenvalue weighted by atomic mass is 10.2. The average molecular weight is 443 g/mol. The summed E-state index contributed by atoms with van der Waals surface area (Å²) < 4.78 is 25.7. The van der Waals surface area contributed by atoms with Crippen molar-refractivity contribution in [1.82, 2.24) is 4.31 Å². The van der Waals surface area contributed by atoms with Crippen molar-refractivity contribution in [2.45, 2.75) is 4.90 Å². The number of nitrogens with zero attached hydrogens (tertiary/aromatic N) is 3. The van der Waals surface area contributed by atoms with Crippen LogP contribution in [-0.2, 0) is 10.0 Å². The van der Waals surface area contributed by atoms with Crippen molar-refractivity contribution in [3.63, 3.8) is 0 Å². The van der Waals surface area contributed by atoms with Crippen LogP contribution in [0.15, 0.2) is 87.9 Å². The molecule has 7 nitrogen and oxygen atoms in total. The minimum atomic E-state index is -3.69. The maximum Gasteiger partial charge on any atom is 0.257 e.